The molecule has 0 fully saturated rings. The number of carbonyl (C=O) groups is 4. The Morgan fingerprint density at radius 3 is 1.97 bits per heavy atom. The van der Waals surface area contributed by atoms with E-state index in [1.54, 1.807) is 12.1 Å². The summed E-state index contributed by atoms with van der Waals surface area (Å²) in [6, 6.07) is 1.20. The standard InChI is InChI=1S/C22H34N4O7/c1-11(2)9-16(23)19(29)26-18(13(4)27)21(31)25-17(20(30)24-12(3)22(32)33)10-14-5-7-15(28)8-6-14/h5-8,11-13,16-18,27-28H,9-10,23H2,1-4H3,(H,24,30)(H,25,31)(H,26,29)(H,32,33). The van der Waals surface area contributed by atoms with Crippen molar-refractivity contribution in [2.24, 2.45) is 11.7 Å². The van der Waals surface area contributed by atoms with E-state index in [0.29, 0.717) is 12.0 Å². The number of benzene rings is 1. The van der Waals surface area contributed by atoms with E-state index >= 15 is 0 Å². The van der Waals surface area contributed by atoms with E-state index in [9.17, 15) is 29.4 Å². The minimum absolute atomic E-state index is 0.0119. The lowest BCUT2D eigenvalue weighted by Gasteiger charge is -2.26. The third-order valence-electron chi connectivity index (χ3n) is 4.86. The SMILES string of the molecule is CC(C)CC(N)C(=O)NC(C(=O)NC(Cc1ccc(O)cc1)C(=O)NC(C)C(=O)O)C(C)O. The minimum atomic E-state index is -1.39. The lowest BCUT2D eigenvalue weighted by molar-refractivity contribution is -0.142. The summed E-state index contributed by atoms with van der Waals surface area (Å²) in [5.41, 5.74) is 6.42. The quantitative estimate of drug-likeness (QED) is 0.209. The molecule has 33 heavy (non-hydrogen) atoms. The van der Waals surface area contributed by atoms with Gasteiger partial charge in [0.1, 0.15) is 23.9 Å². The van der Waals surface area contributed by atoms with Gasteiger partial charge in [0.2, 0.25) is 17.7 Å². The molecule has 0 spiro atoms. The second-order valence-electron chi connectivity index (χ2n) is 8.46. The van der Waals surface area contributed by atoms with E-state index in [1.807, 2.05) is 13.8 Å². The lowest BCUT2D eigenvalue weighted by Crippen LogP contribution is -2.60. The normalized spacial score (nSPS) is 15.6. The Kier molecular flexibility index (Phi) is 10.8. The highest BCUT2D eigenvalue weighted by Crippen LogP contribution is 2.12. The predicted octanol–water partition coefficient (Wildman–Crippen LogP) is -0.752. The molecule has 5 unspecified atom stereocenters. The number of rotatable bonds is 12. The Balaban J connectivity index is 3.04. The number of aliphatic hydroxyl groups is 1. The number of carbonyl (C=O) groups excluding carboxylic acids is 3. The zero-order valence-electron chi connectivity index (χ0n) is 19.2. The molecule has 1 aromatic carbocycles. The van der Waals surface area contributed by atoms with Gasteiger partial charge in [0.15, 0.2) is 0 Å². The van der Waals surface area contributed by atoms with Crippen LogP contribution in [-0.4, -0.2) is 69.3 Å². The van der Waals surface area contributed by atoms with E-state index in [0.717, 1.165) is 0 Å². The number of nitrogens with one attached hydrogen (secondary N) is 3. The Morgan fingerprint density at radius 1 is 0.909 bits per heavy atom. The van der Waals surface area contributed by atoms with Crippen LogP contribution in [0.25, 0.3) is 0 Å². The lowest BCUT2D eigenvalue weighted by atomic mass is 10.0. The molecule has 0 aliphatic rings. The molecule has 5 atom stereocenters. The highest BCUT2D eigenvalue weighted by atomic mass is 16.4. The van der Waals surface area contributed by atoms with Crippen molar-refractivity contribution in [2.45, 2.75) is 70.8 Å². The van der Waals surface area contributed by atoms with Crippen LogP contribution in [0.2, 0.25) is 0 Å². The first-order valence-electron chi connectivity index (χ1n) is 10.7. The summed E-state index contributed by atoms with van der Waals surface area (Å²) in [4.78, 5) is 49.1. The fraction of sp³-hybridized carbons (Fsp3) is 0.545. The van der Waals surface area contributed by atoms with Crippen molar-refractivity contribution in [3.63, 3.8) is 0 Å². The molecule has 1 rings (SSSR count). The number of nitrogens with two attached hydrogens (primary N) is 1. The maximum absolute atomic E-state index is 12.9. The van der Waals surface area contributed by atoms with Crippen LogP contribution >= 0.6 is 0 Å². The summed E-state index contributed by atoms with van der Waals surface area (Å²) in [5.74, 6) is -3.33. The molecule has 0 aliphatic heterocycles. The Labute approximate surface area is 192 Å². The molecular weight excluding hydrogens is 432 g/mol. The maximum atomic E-state index is 12.9. The molecule has 8 N–H and O–H groups in total. The predicted molar refractivity (Wildman–Crippen MR) is 120 cm³/mol. The molecule has 1 aromatic rings. The van der Waals surface area contributed by atoms with Gasteiger partial charge in [0.05, 0.1) is 12.1 Å². The number of carboxylic acid groups (broad SMARTS) is 1. The van der Waals surface area contributed by atoms with Crippen LogP contribution in [0.15, 0.2) is 24.3 Å². The first-order chi connectivity index (χ1) is 15.3. The van der Waals surface area contributed by atoms with Crippen molar-refractivity contribution in [1.82, 2.24) is 16.0 Å². The monoisotopic (exact) mass is 466 g/mol. The number of hydrogen-bond acceptors (Lipinski definition) is 7. The summed E-state index contributed by atoms with van der Waals surface area (Å²) in [5, 5.41) is 35.8. The maximum Gasteiger partial charge on any atom is 0.325 e. The van der Waals surface area contributed by atoms with E-state index in [-0.39, 0.29) is 18.1 Å². The number of aliphatic hydroxyl groups excluding tert-OH is 1. The van der Waals surface area contributed by atoms with Gasteiger partial charge < -0.3 is 37.0 Å². The molecule has 0 saturated carbocycles. The topological polar surface area (TPSA) is 191 Å². The zero-order valence-corrected chi connectivity index (χ0v) is 19.2. The van der Waals surface area contributed by atoms with E-state index in [2.05, 4.69) is 16.0 Å². The van der Waals surface area contributed by atoms with Crippen LogP contribution in [0.5, 0.6) is 5.75 Å². The number of hydrogen-bond donors (Lipinski definition) is 7. The largest absolute Gasteiger partial charge is 0.508 e. The number of carboxylic acids is 1. The molecule has 0 aliphatic carbocycles. The number of amides is 3. The summed E-state index contributed by atoms with van der Waals surface area (Å²) >= 11 is 0. The van der Waals surface area contributed by atoms with Gasteiger partial charge in [-0.05, 0) is 43.9 Å². The minimum Gasteiger partial charge on any atom is -0.508 e. The number of aromatic hydroxyl groups is 1. The number of aliphatic carboxylic acids is 1. The first-order valence-corrected chi connectivity index (χ1v) is 10.7. The van der Waals surface area contributed by atoms with Crippen LogP contribution in [0, 0.1) is 5.92 Å². The third kappa shape index (κ3) is 9.46. The fourth-order valence-corrected chi connectivity index (χ4v) is 2.99. The van der Waals surface area contributed by atoms with Gasteiger partial charge in [-0.1, -0.05) is 26.0 Å². The Bertz CT molecular complexity index is 827. The highest BCUT2D eigenvalue weighted by Gasteiger charge is 2.32. The molecule has 0 bridgehead atoms. The second-order valence-corrected chi connectivity index (χ2v) is 8.46. The molecule has 3 amide bonds. The average molecular weight is 467 g/mol. The van der Waals surface area contributed by atoms with Crippen molar-refractivity contribution in [2.75, 3.05) is 0 Å². The average Bonchev–Trinajstić information content (AvgIpc) is 2.71. The van der Waals surface area contributed by atoms with Crippen molar-refractivity contribution in [3.8, 4) is 5.75 Å². The van der Waals surface area contributed by atoms with Gasteiger partial charge in [-0.25, -0.2) is 0 Å². The van der Waals surface area contributed by atoms with Crippen LogP contribution in [-0.2, 0) is 25.6 Å². The molecule has 11 nitrogen and oxygen atoms in total. The highest BCUT2D eigenvalue weighted by molar-refractivity contribution is 5.94. The van der Waals surface area contributed by atoms with Gasteiger partial charge >= 0.3 is 5.97 Å². The van der Waals surface area contributed by atoms with Gasteiger partial charge in [-0.3, -0.25) is 19.2 Å². The van der Waals surface area contributed by atoms with E-state index < -0.39 is 54.0 Å². The van der Waals surface area contributed by atoms with Gasteiger partial charge in [-0.15, -0.1) is 0 Å². The molecular formula is C22H34N4O7. The van der Waals surface area contributed by atoms with Crippen molar-refractivity contribution in [1.29, 1.82) is 0 Å². The van der Waals surface area contributed by atoms with Crippen LogP contribution in [0.1, 0.15) is 39.7 Å². The zero-order chi connectivity index (χ0) is 25.3. The smallest absolute Gasteiger partial charge is 0.325 e. The van der Waals surface area contributed by atoms with E-state index in [4.69, 9.17) is 10.8 Å². The van der Waals surface area contributed by atoms with Gasteiger partial charge in [0, 0.05) is 6.42 Å². The molecule has 184 valence electrons. The fourth-order valence-electron chi connectivity index (χ4n) is 2.99. The molecule has 0 heterocycles. The van der Waals surface area contributed by atoms with Crippen LogP contribution in [0.3, 0.4) is 0 Å². The van der Waals surface area contributed by atoms with Gasteiger partial charge in [-0.2, -0.15) is 0 Å². The first kappa shape index (κ1) is 27.9. The molecule has 0 saturated heterocycles. The third-order valence-corrected chi connectivity index (χ3v) is 4.86. The van der Waals surface area contributed by atoms with Crippen LogP contribution < -0.4 is 21.7 Å². The number of phenols is 1. The molecule has 11 heteroatoms. The summed E-state index contributed by atoms with van der Waals surface area (Å²) in [6.45, 7) is 6.35. The van der Waals surface area contributed by atoms with Crippen LogP contribution in [0.4, 0.5) is 0 Å². The van der Waals surface area contributed by atoms with Crippen molar-refractivity contribution < 1.29 is 34.5 Å². The number of phenolic OH excluding ortho intramolecular Hbond substituents is 1. The molecule has 0 radical (unpaired) electrons. The molecule has 0 aromatic heterocycles. The Morgan fingerprint density at radius 2 is 1.48 bits per heavy atom. The van der Waals surface area contributed by atoms with Crippen molar-refractivity contribution >= 4 is 23.7 Å². The summed E-state index contributed by atoms with van der Waals surface area (Å²) in [6.07, 6.45) is -0.952. The Hall–Kier alpha value is -3.18. The second kappa shape index (κ2) is 12.8. The van der Waals surface area contributed by atoms with E-state index in [1.165, 1.54) is 26.0 Å². The van der Waals surface area contributed by atoms with Gasteiger partial charge in [0.25, 0.3) is 0 Å². The summed E-state index contributed by atoms with van der Waals surface area (Å²) < 4.78 is 0. The van der Waals surface area contributed by atoms with Crippen molar-refractivity contribution in [3.05, 3.63) is 29.8 Å². The summed E-state index contributed by atoms with van der Waals surface area (Å²) in [7, 11) is 0.